The molecule has 0 radical (unpaired) electrons. The lowest BCUT2D eigenvalue weighted by molar-refractivity contribution is -0.146. The quantitative estimate of drug-likeness (QED) is 0.718. The van der Waals surface area contributed by atoms with Crippen LogP contribution < -0.4 is 15.4 Å². The summed E-state index contributed by atoms with van der Waals surface area (Å²) in [5.41, 5.74) is 1.82. The highest BCUT2D eigenvalue weighted by atomic mass is 16.5. The molecule has 1 aromatic rings. The van der Waals surface area contributed by atoms with E-state index >= 15 is 0 Å². The lowest BCUT2D eigenvalue weighted by atomic mass is 9.88. The SMILES string of the molecule is CCCOc1ccc([C@H]2NC(=O)NC(C)=C2C(=O)O[C@@H]2CCC[C@H](C)C2)cc1. The summed E-state index contributed by atoms with van der Waals surface area (Å²) >= 11 is 0. The third kappa shape index (κ3) is 4.86. The standard InChI is InChI=1S/C22H30N2O4/c1-4-12-27-17-10-8-16(9-11-17)20-19(15(3)23-22(26)24-20)21(25)28-18-7-5-6-14(2)13-18/h8-11,14,18,20H,4-7,12-13H2,1-3H3,(H2,23,24,26)/t14-,18+,20+/m0/s1. The van der Waals surface area contributed by atoms with Gasteiger partial charge in [0.1, 0.15) is 11.9 Å². The van der Waals surface area contributed by atoms with Gasteiger partial charge in [-0.1, -0.05) is 32.4 Å². The van der Waals surface area contributed by atoms with E-state index in [0.717, 1.165) is 37.0 Å². The summed E-state index contributed by atoms with van der Waals surface area (Å²) in [5, 5.41) is 5.55. The fraction of sp³-hybridized carbons (Fsp3) is 0.545. The van der Waals surface area contributed by atoms with Crippen molar-refractivity contribution in [1.29, 1.82) is 0 Å². The highest BCUT2D eigenvalue weighted by Crippen LogP contribution is 2.31. The molecule has 28 heavy (non-hydrogen) atoms. The Hall–Kier alpha value is -2.50. The first-order valence-corrected chi connectivity index (χ1v) is 10.2. The molecule has 1 heterocycles. The summed E-state index contributed by atoms with van der Waals surface area (Å²) in [6.07, 6.45) is 4.93. The van der Waals surface area contributed by atoms with E-state index in [2.05, 4.69) is 24.5 Å². The summed E-state index contributed by atoms with van der Waals surface area (Å²) < 4.78 is 11.4. The Balaban J connectivity index is 1.79. The number of hydrogen-bond donors (Lipinski definition) is 2. The minimum Gasteiger partial charge on any atom is -0.494 e. The molecule has 2 N–H and O–H groups in total. The van der Waals surface area contributed by atoms with Crippen LogP contribution in [0.1, 0.15) is 64.5 Å². The van der Waals surface area contributed by atoms with Gasteiger partial charge < -0.3 is 20.1 Å². The van der Waals surface area contributed by atoms with Gasteiger partial charge in [0, 0.05) is 5.70 Å². The van der Waals surface area contributed by atoms with Crippen LogP contribution in [0.25, 0.3) is 0 Å². The van der Waals surface area contributed by atoms with Crippen molar-refractivity contribution in [3.63, 3.8) is 0 Å². The lowest BCUT2D eigenvalue weighted by Crippen LogP contribution is -2.45. The molecule has 1 aliphatic heterocycles. The van der Waals surface area contributed by atoms with Gasteiger partial charge in [-0.2, -0.15) is 0 Å². The number of ether oxygens (including phenoxy) is 2. The molecule has 0 unspecified atom stereocenters. The van der Waals surface area contributed by atoms with E-state index in [1.54, 1.807) is 6.92 Å². The van der Waals surface area contributed by atoms with Gasteiger partial charge in [-0.05, 0) is 56.2 Å². The van der Waals surface area contributed by atoms with Crippen LogP contribution in [-0.4, -0.2) is 24.7 Å². The van der Waals surface area contributed by atoms with E-state index in [-0.39, 0.29) is 18.1 Å². The van der Waals surface area contributed by atoms with E-state index in [4.69, 9.17) is 9.47 Å². The third-order valence-corrected chi connectivity index (χ3v) is 5.34. The molecule has 6 nitrogen and oxygen atoms in total. The summed E-state index contributed by atoms with van der Waals surface area (Å²) in [6, 6.07) is 6.62. The smallest absolute Gasteiger partial charge is 0.338 e. The molecule has 2 amide bonds. The molecular weight excluding hydrogens is 356 g/mol. The van der Waals surface area contributed by atoms with E-state index in [9.17, 15) is 9.59 Å². The second-order valence-electron chi connectivity index (χ2n) is 7.79. The van der Waals surface area contributed by atoms with Crippen LogP contribution in [-0.2, 0) is 9.53 Å². The van der Waals surface area contributed by atoms with Crippen molar-refractivity contribution in [2.45, 2.75) is 65.0 Å². The Kier molecular flexibility index (Phi) is 6.60. The number of nitrogens with one attached hydrogen (secondary N) is 2. The topological polar surface area (TPSA) is 76.7 Å². The number of amides is 2. The van der Waals surface area contributed by atoms with E-state index in [0.29, 0.717) is 23.8 Å². The van der Waals surface area contributed by atoms with Crippen LogP contribution in [0, 0.1) is 5.92 Å². The third-order valence-electron chi connectivity index (χ3n) is 5.34. The van der Waals surface area contributed by atoms with Gasteiger partial charge in [0.2, 0.25) is 0 Å². The van der Waals surface area contributed by atoms with Crippen molar-refractivity contribution in [3.8, 4) is 5.75 Å². The zero-order valence-electron chi connectivity index (χ0n) is 16.9. The summed E-state index contributed by atoms with van der Waals surface area (Å²) in [6.45, 7) is 6.64. The zero-order chi connectivity index (χ0) is 20.1. The van der Waals surface area contributed by atoms with Crippen molar-refractivity contribution in [2.24, 2.45) is 5.92 Å². The fourth-order valence-corrected chi connectivity index (χ4v) is 3.89. The Bertz CT molecular complexity index is 741. The highest BCUT2D eigenvalue weighted by Gasteiger charge is 2.34. The molecule has 3 atom stereocenters. The molecular formula is C22H30N2O4. The summed E-state index contributed by atoms with van der Waals surface area (Å²) in [7, 11) is 0. The zero-order valence-corrected chi connectivity index (χ0v) is 16.9. The van der Waals surface area contributed by atoms with Crippen LogP contribution >= 0.6 is 0 Å². The van der Waals surface area contributed by atoms with Gasteiger partial charge in [-0.25, -0.2) is 9.59 Å². The van der Waals surface area contributed by atoms with Crippen molar-refractivity contribution in [3.05, 3.63) is 41.1 Å². The average Bonchev–Trinajstić information content (AvgIpc) is 2.66. The van der Waals surface area contributed by atoms with Gasteiger partial charge in [-0.15, -0.1) is 0 Å². The van der Waals surface area contributed by atoms with Gasteiger partial charge >= 0.3 is 12.0 Å². The van der Waals surface area contributed by atoms with Gasteiger partial charge in [0.25, 0.3) is 0 Å². The predicted molar refractivity (Wildman–Crippen MR) is 107 cm³/mol. The number of urea groups is 1. The molecule has 2 aliphatic rings. The first kappa shape index (κ1) is 20.2. The van der Waals surface area contributed by atoms with E-state index in [1.165, 1.54) is 6.42 Å². The van der Waals surface area contributed by atoms with Crippen molar-refractivity contribution < 1.29 is 19.1 Å². The Morgan fingerprint density at radius 3 is 2.64 bits per heavy atom. The number of rotatable bonds is 6. The molecule has 152 valence electrons. The first-order valence-electron chi connectivity index (χ1n) is 10.2. The van der Waals surface area contributed by atoms with Gasteiger partial charge in [0.05, 0.1) is 18.2 Å². The van der Waals surface area contributed by atoms with E-state index in [1.807, 2.05) is 24.3 Å². The Morgan fingerprint density at radius 1 is 1.21 bits per heavy atom. The molecule has 0 spiro atoms. The highest BCUT2D eigenvalue weighted by molar-refractivity contribution is 5.95. The number of allylic oxidation sites excluding steroid dienone is 1. The maximum atomic E-state index is 13.0. The van der Waals surface area contributed by atoms with Crippen LogP contribution in [0.15, 0.2) is 35.5 Å². The van der Waals surface area contributed by atoms with Gasteiger partial charge in [-0.3, -0.25) is 0 Å². The molecule has 1 aromatic carbocycles. The summed E-state index contributed by atoms with van der Waals surface area (Å²) in [4.78, 5) is 25.0. The largest absolute Gasteiger partial charge is 0.494 e. The Morgan fingerprint density at radius 2 is 1.96 bits per heavy atom. The number of benzene rings is 1. The van der Waals surface area contributed by atoms with Crippen molar-refractivity contribution >= 4 is 12.0 Å². The molecule has 1 saturated carbocycles. The second kappa shape index (κ2) is 9.13. The molecule has 3 rings (SSSR count). The average molecular weight is 386 g/mol. The minimum absolute atomic E-state index is 0.0559. The van der Waals surface area contributed by atoms with Crippen LogP contribution in [0.4, 0.5) is 4.79 Å². The van der Waals surface area contributed by atoms with Gasteiger partial charge in [0.15, 0.2) is 0 Å². The van der Waals surface area contributed by atoms with Crippen LogP contribution in [0.3, 0.4) is 0 Å². The fourth-order valence-electron chi connectivity index (χ4n) is 3.89. The summed E-state index contributed by atoms with van der Waals surface area (Å²) in [5.74, 6) is 0.976. The first-order chi connectivity index (χ1) is 13.5. The second-order valence-corrected chi connectivity index (χ2v) is 7.79. The molecule has 0 aromatic heterocycles. The number of carbonyl (C=O) groups excluding carboxylic acids is 2. The van der Waals surface area contributed by atoms with Crippen LogP contribution in [0.5, 0.6) is 5.75 Å². The number of hydrogen-bond acceptors (Lipinski definition) is 4. The predicted octanol–water partition coefficient (Wildman–Crippen LogP) is 4.23. The maximum Gasteiger partial charge on any atom is 0.338 e. The van der Waals surface area contributed by atoms with Crippen molar-refractivity contribution in [2.75, 3.05) is 6.61 Å². The van der Waals surface area contributed by atoms with Crippen LogP contribution in [0.2, 0.25) is 0 Å². The molecule has 6 heteroatoms. The number of esters is 1. The Labute approximate surface area is 166 Å². The number of carbonyl (C=O) groups is 2. The normalized spacial score (nSPS) is 25.0. The maximum absolute atomic E-state index is 13.0. The molecule has 0 bridgehead atoms. The van der Waals surface area contributed by atoms with Crippen molar-refractivity contribution in [1.82, 2.24) is 10.6 Å². The lowest BCUT2D eigenvalue weighted by Gasteiger charge is -2.31. The molecule has 1 fully saturated rings. The minimum atomic E-state index is -0.539. The molecule has 0 saturated heterocycles. The van der Waals surface area contributed by atoms with E-state index < -0.39 is 6.04 Å². The molecule has 1 aliphatic carbocycles. The monoisotopic (exact) mass is 386 g/mol.